The zero-order chi connectivity index (χ0) is 22.3. The number of nitrogens with zero attached hydrogens (tertiary/aromatic N) is 2. The summed E-state index contributed by atoms with van der Waals surface area (Å²) in [7, 11) is 0. The average Bonchev–Trinajstić information content (AvgIpc) is 3.08. The Labute approximate surface area is 179 Å². The molecule has 0 bridgehead atoms. The van der Waals surface area contributed by atoms with Gasteiger partial charge in [0.25, 0.3) is 0 Å². The number of carbonyl (C=O) groups is 1. The molecular formula is C23H36N4O3. The molecule has 0 saturated carbocycles. The average molecular weight is 417 g/mol. The Morgan fingerprint density at radius 1 is 1.20 bits per heavy atom. The fraction of sp³-hybridized carbons (Fsp3) is 0.565. The van der Waals surface area contributed by atoms with E-state index < -0.39 is 6.09 Å². The highest BCUT2D eigenvalue weighted by molar-refractivity contribution is 5.85. The molecule has 2 aromatic rings. The van der Waals surface area contributed by atoms with Crippen LogP contribution < -0.4 is 15.8 Å². The van der Waals surface area contributed by atoms with Crippen LogP contribution >= 0.6 is 0 Å². The number of hydrogen-bond donors (Lipinski definition) is 2. The van der Waals surface area contributed by atoms with Gasteiger partial charge >= 0.3 is 6.09 Å². The summed E-state index contributed by atoms with van der Waals surface area (Å²) in [5.74, 6) is 1.15. The molecule has 166 valence electrons. The number of rotatable bonds is 9. The Balaban J connectivity index is 2.37. The summed E-state index contributed by atoms with van der Waals surface area (Å²) in [6.07, 6.45) is 3.12. The van der Waals surface area contributed by atoms with Crippen molar-refractivity contribution in [2.24, 2.45) is 0 Å². The fourth-order valence-corrected chi connectivity index (χ4v) is 2.91. The van der Waals surface area contributed by atoms with Crippen LogP contribution in [0, 0.1) is 0 Å². The van der Waals surface area contributed by atoms with Crippen LogP contribution in [-0.4, -0.2) is 28.6 Å². The first-order valence-corrected chi connectivity index (χ1v) is 10.8. The van der Waals surface area contributed by atoms with Gasteiger partial charge in [-0.25, -0.2) is 9.48 Å². The molecule has 0 aliphatic rings. The Morgan fingerprint density at radius 2 is 1.90 bits per heavy atom. The second-order valence-electron chi connectivity index (χ2n) is 8.47. The smallest absolute Gasteiger partial charge is 0.411 e. The Hall–Kier alpha value is -2.70. The van der Waals surface area contributed by atoms with E-state index in [1.165, 1.54) is 0 Å². The number of nitrogen functional groups attached to an aromatic ring is 1. The van der Waals surface area contributed by atoms with E-state index in [2.05, 4.69) is 39.9 Å². The summed E-state index contributed by atoms with van der Waals surface area (Å²) in [4.78, 5) is 12.0. The molecule has 1 aromatic heterocycles. The lowest BCUT2D eigenvalue weighted by Crippen LogP contribution is -2.18. The van der Waals surface area contributed by atoms with E-state index in [1.54, 1.807) is 16.8 Å². The number of nitrogens with one attached hydrogen (secondary N) is 1. The predicted molar refractivity (Wildman–Crippen MR) is 122 cm³/mol. The monoisotopic (exact) mass is 416 g/mol. The van der Waals surface area contributed by atoms with Gasteiger partial charge in [0.1, 0.15) is 17.3 Å². The van der Waals surface area contributed by atoms with Crippen molar-refractivity contribution < 1.29 is 14.3 Å². The number of unbranched alkanes of at least 4 members (excludes halogenated alkanes) is 1. The Kier molecular flexibility index (Phi) is 8.15. The number of benzene rings is 1. The van der Waals surface area contributed by atoms with Gasteiger partial charge in [0.15, 0.2) is 0 Å². The van der Waals surface area contributed by atoms with E-state index in [9.17, 15) is 4.79 Å². The molecule has 0 unspecified atom stereocenters. The summed E-state index contributed by atoms with van der Waals surface area (Å²) in [6, 6.07) is 7.34. The fourth-order valence-electron chi connectivity index (χ4n) is 2.91. The van der Waals surface area contributed by atoms with Gasteiger partial charge in [-0.05, 0) is 31.4 Å². The second-order valence-corrected chi connectivity index (χ2v) is 8.47. The minimum atomic E-state index is -0.474. The van der Waals surface area contributed by atoms with Crippen LogP contribution in [0.4, 0.5) is 16.3 Å². The molecule has 1 amide bonds. The van der Waals surface area contributed by atoms with Crippen LogP contribution in [0.25, 0.3) is 5.69 Å². The molecule has 0 saturated heterocycles. The molecule has 2 rings (SSSR count). The second kappa shape index (κ2) is 10.4. The third kappa shape index (κ3) is 6.15. The standard InChI is InChI=1S/C23H36N4O3/c1-7-10-13-29-22(28)25-16-11-12-18(19(14-16)30-17(8-2)9-3)27-21(24)15-20(26-27)23(4,5)6/h11-12,14-15,17H,7-10,13,24H2,1-6H3,(H,25,28). The number of hydrogen-bond acceptors (Lipinski definition) is 5. The largest absolute Gasteiger partial charge is 0.488 e. The first kappa shape index (κ1) is 23.6. The topological polar surface area (TPSA) is 91.4 Å². The maximum Gasteiger partial charge on any atom is 0.411 e. The van der Waals surface area contributed by atoms with Crippen molar-refractivity contribution in [3.8, 4) is 11.4 Å². The number of anilines is 2. The molecule has 7 nitrogen and oxygen atoms in total. The summed E-state index contributed by atoms with van der Waals surface area (Å²) in [5, 5.41) is 7.48. The third-order valence-corrected chi connectivity index (χ3v) is 4.88. The van der Waals surface area contributed by atoms with Crippen molar-refractivity contribution in [3.05, 3.63) is 30.0 Å². The van der Waals surface area contributed by atoms with Crippen molar-refractivity contribution >= 4 is 17.6 Å². The summed E-state index contributed by atoms with van der Waals surface area (Å²) in [6.45, 7) is 12.9. The van der Waals surface area contributed by atoms with Gasteiger partial charge in [0.05, 0.1) is 18.4 Å². The highest BCUT2D eigenvalue weighted by atomic mass is 16.5. The van der Waals surface area contributed by atoms with Gasteiger partial charge in [-0.3, -0.25) is 5.32 Å². The minimum Gasteiger partial charge on any atom is -0.488 e. The summed E-state index contributed by atoms with van der Waals surface area (Å²) >= 11 is 0. The molecule has 0 radical (unpaired) electrons. The third-order valence-electron chi connectivity index (χ3n) is 4.88. The molecule has 0 aliphatic heterocycles. The minimum absolute atomic E-state index is 0.0504. The van der Waals surface area contributed by atoms with Crippen LogP contribution in [0.15, 0.2) is 24.3 Å². The maximum absolute atomic E-state index is 12.0. The van der Waals surface area contributed by atoms with E-state index in [1.807, 2.05) is 19.1 Å². The lowest BCUT2D eigenvalue weighted by atomic mass is 9.92. The molecule has 7 heteroatoms. The van der Waals surface area contributed by atoms with Gasteiger partial charge < -0.3 is 15.2 Å². The van der Waals surface area contributed by atoms with Crippen LogP contribution in [0.1, 0.15) is 72.9 Å². The molecule has 1 heterocycles. The molecule has 0 atom stereocenters. The first-order chi connectivity index (χ1) is 14.2. The number of aromatic nitrogens is 2. The number of amides is 1. The van der Waals surface area contributed by atoms with Crippen molar-refractivity contribution in [1.29, 1.82) is 0 Å². The van der Waals surface area contributed by atoms with E-state index in [0.29, 0.717) is 23.9 Å². The highest BCUT2D eigenvalue weighted by Crippen LogP contribution is 2.32. The van der Waals surface area contributed by atoms with Crippen LogP contribution in [-0.2, 0) is 10.2 Å². The number of ether oxygens (including phenoxy) is 2. The van der Waals surface area contributed by atoms with Gasteiger partial charge in [-0.2, -0.15) is 5.10 Å². The maximum atomic E-state index is 12.0. The molecule has 30 heavy (non-hydrogen) atoms. The normalized spacial score (nSPS) is 11.6. The van der Waals surface area contributed by atoms with E-state index >= 15 is 0 Å². The highest BCUT2D eigenvalue weighted by Gasteiger charge is 2.22. The van der Waals surface area contributed by atoms with Crippen molar-refractivity contribution in [1.82, 2.24) is 9.78 Å². The van der Waals surface area contributed by atoms with Crippen LogP contribution in [0.5, 0.6) is 5.75 Å². The molecule has 0 spiro atoms. The lowest BCUT2D eigenvalue weighted by molar-refractivity contribution is 0.160. The molecule has 1 aromatic carbocycles. The van der Waals surface area contributed by atoms with E-state index in [4.69, 9.17) is 20.3 Å². The summed E-state index contributed by atoms with van der Waals surface area (Å²) in [5.41, 5.74) is 8.39. The summed E-state index contributed by atoms with van der Waals surface area (Å²) < 4.78 is 13.2. The molecule has 0 fully saturated rings. The Bertz CT molecular complexity index is 835. The first-order valence-electron chi connectivity index (χ1n) is 10.8. The van der Waals surface area contributed by atoms with Crippen molar-refractivity contribution in [2.45, 2.75) is 78.7 Å². The predicted octanol–water partition coefficient (Wildman–Crippen LogP) is 5.67. The SMILES string of the molecule is CCCCOC(=O)Nc1ccc(-n2nc(C(C)(C)C)cc2N)c(OC(CC)CC)c1. The van der Waals surface area contributed by atoms with Crippen molar-refractivity contribution in [2.75, 3.05) is 17.7 Å². The number of carbonyl (C=O) groups excluding carboxylic acids is 1. The number of nitrogens with two attached hydrogens (primary N) is 1. The van der Waals surface area contributed by atoms with Gasteiger partial charge in [0, 0.05) is 23.2 Å². The van der Waals surface area contributed by atoms with Gasteiger partial charge in [-0.1, -0.05) is 48.0 Å². The van der Waals surface area contributed by atoms with E-state index in [-0.39, 0.29) is 11.5 Å². The van der Waals surface area contributed by atoms with Gasteiger partial charge in [0.2, 0.25) is 0 Å². The molecule has 3 N–H and O–H groups in total. The molecular weight excluding hydrogens is 380 g/mol. The zero-order valence-corrected chi connectivity index (χ0v) is 19.1. The lowest BCUT2D eigenvalue weighted by Gasteiger charge is -2.20. The van der Waals surface area contributed by atoms with Crippen LogP contribution in [0.3, 0.4) is 0 Å². The van der Waals surface area contributed by atoms with Gasteiger partial charge in [-0.15, -0.1) is 0 Å². The van der Waals surface area contributed by atoms with Crippen molar-refractivity contribution in [3.63, 3.8) is 0 Å². The molecule has 0 aliphatic carbocycles. The quantitative estimate of drug-likeness (QED) is 0.514. The zero-order valence-electron chi connectivity index (χ0n) is 19.1. The Morgan fingerprint density at radius 3 is 2.47 bits per heavy atom. The van der Waals surface area contributed by atoms with Crippen LogP contribution in [0.2, 0.25) is 0 Å². The van der Waals surface area contributed by atoms with E-state index in [0.717, 1.165) is 37.1 Å².